The monoisotopic (exact) mass is 305 g/mol. The molecule has 0 spiro atoms. The van der Waals surface area contributed by atoms with Crippen LogP contribution in [0, 0.1) is 0 Å². The molecule has 0 fully saturated rings. The third-order valence-electron chi connectivity index (χ3n) is 5.70. The van der Waals surface area contributed by atoms with E-state index in [4.69, 9.17) is 0 Å². The van der Waals surface area contributed by atoms with E-state index in [9.17, 15) is 0 Å². The molecule has 0 N–H and O–H groups in total. The van der Waals surface area contributed by atoms with Crippen molar-refractivity contribution in [2.45, 2.75) is 11.8 Å². The average Bonchev–Trinajstić information content (AvgIpc) is 2.66. The average molecular weight is 305 g/mol. The van der Waals surface area contributed by atoms with E-state index in [1.165, 1.54) is 44.2 Å². The van der Waals surface area contributed by atoms with Gasteiger partial charge in [-0.25, -0.2) is 0 Å². The second-order valence-corrected chi connectivity index (χ2v) is 6.83. The van der Waals surface area contributed by atoms with Crippen molar-refractivity contribution in [3.8, 4) is 0 Å². The third kappa shape index (κ3) is 1.43. The molecule has 112 valence electrons. The fraction of sp³-hybridized carbons (Fsp3) is 0.0870. The van der Waals surface area contributed by atoms with E-state index in [0.717, 1.165) is 0 Å². The molecule has 3 aliphatic carbocycles. The summed E-state index contributed by atoms with van der Waals surface area (Å²) in [5.74, 6) is 0.651. The summed E-state index contributed by atoms with van der Waals surface area (Å²) < 4.78 is 0. The van der Waals surface area contributed by atoms with Crippen molar-refractivity contribution < 1.29 is 0 Å². The van der Waals surface area contributed by atoms with Crippen LogP contribution in [0.15, 0.2) is 79.1 Å². The van der Waals surface area contributed by atoms with Crippen LogP contribution < -0.4 is 0 Å². The Morgan fingerprint density at radius 2 is 1.08 bits per heavy atom. The van der Waals surface area contributed by atoms with E-state index >= 15 is 0 Å². The summed E-state index contributed by atoms with van der Waals surface area (Å²) in [4.78, 5) is 4.42. The Labute approximate surface area is 140 Å². The molecule has 1 heteroatoms. The summed E-state index contributed by atoms with van der Waals surface area (Å²) in [5, 5.41) is 2.66. The van der Waals surface area contributed by atoms with Crippen LogP contribution in [0.1, 0.15) is 45.2 Å². The second kappa shape index (κ2) is 4.33. The molecule has 0 saturated carbocycles. The van der Waals surface area contributed by atoms with E-state index in [2.05, 4.69) is 77.9 Å². The van der Waals surface area contributed by atoms with Crippen LogP contribution in [0.3, 0.4) is 0 Å². The molecule has 2 unspecified atom stereocenters. The zero-order valence-electron chi connectivity index (χ0n) is 13.1. The van der Waals surface area contributed by atoms with E-state index in [0.29, 0.717) is 11.8 Å². The van der Waals surface area contributed by atoms with Crippen LogP contribution in [0.25, 0.3) is 10.8 Å². The first-order chi connectivity index (χ1) is 11.9. The summed E-state index contributed by atoms with van der Waals surface area (Å²) in [5.41, 5.74) is 8.64. The Balaban J connectivity index is 1.76. The van der Waals surface area contributed by atoms with Gasteiger partial charge in [0.25, 0.3) is 0 Å². The van der Waals surface area contributed by atoms with Crippen molar-refractivity contribution in [3.63, 3.8) is 0 Å². The molecule has 2 bridgehead atoms. The van der Waals surface area contributed by atoms with E-state index in [1.54, 1.807) is 0 Å². The van der Waals surface area contributed by atoms with Gasteiger partial charge in [-0.2, -0.15) is 0 Å². The van der Waals surface area contributed by atoms with Crippen molar-refractivity contribution in [2.75, 3.05) is 0 Å². The molecule has 1 heterocycles. The van der Waals surface area contributed by atoms with Crippen molar-refractivity contribution in [2.24, 2.45) is 0 Å². The topological polar surface area (TPSA) is 12.9 Å². The largest absolute Gasteiger partial charge is 0.264 e. The minimum absolute atomic E-state index is 0.314. The highest BCUT2D eigenvalue weighted by Crippen LogP contribution is 2.55. The van der Waals surface area contributed by atoms with Crippen molar-refractivity contribution >= 4 is 10.8 Å². The molecule has 4 aromatic rings. The van der Waals surface area contributed by atoms with Gasteiger partial charge in [-0.3, -0.25) is 4.98 Å². The number of benzene rings is 3. The molecule has 24 heavy (non-hydrogen) atoms. The maximum Gasteiger partial charge on any atom is 0.0364 e. The van der Waals surface area contributed by atoms with Gasteiger partial charge in [0.2, 0.25) is 0 Å². The van der Waals surface area contributed by atoms with Gasteiger partial charge in [0.05, 0.1) is 0 Å². The van der Waals surface area contributed by atoms with Crippen molar-refractivity contribution in [1.29, 1.82) is 0 Å². The number of hydrogen-bond acceptors (Lipinski definition) is 1. The van der Waals surface area contributed by atoms with Crippen LogP contribution in [0.5, 0.6) is 0 Å². The molecule has 7 rings (SSSR count). The lowest BCUT2D eigenvalue weighted by molar-refractivity contribution is 0.750. The van der Waals surface area contributed by atoms with Crippen molar-refractivity contribution in [1.82, 2.24) is 4.98 Å². The lowest BCUT2D eigenvalue weighted by atomic mass is 9.61. The summed E-state index contributed by atoms with van der Waals surface area (Å²) in [6.45, 7) is 0. The molecular weight excluding hydrogens is 290 g/mol. The molecule has 3 aromatic carbocycles. The Hall–Kier alpha value is -2.93. The molecule has 3 aliphatic rings. The fourth-order valence-electron chi connectivity index (χ4n) is 4.74. The van der Waals surface area contributed by atoms with Gasteiger partial charge < -0.3 is 0 Å². The van der Waals surface area contributed by atoms with Crippen LogP contribution in [-0.4, -0.2) is 4.98 Å². The van der Waals surface area contributed by atoms with Crippen LogP contribution in [0.2, 0.25) is 0 Å². The molecule has 0 saturated heterocycles. The highest BCUT2D eigenvalue weighted by molar-refractivity contribution is 5.86. The first-order valence-electron chi connectivity index (χ1n) is 8.47. The molecule has 0 aliphatic heterocycles. The standard InChI is InChI=1S/C23H15N/c1-2-6-15-12-20-19(11-14(15)5-1)22-16-7-3-4-8-17(16)23(20)21-13-24-10-9-18(21)22/h1-13,22-23H. The maximum atomic E-state index is 4.42. The molecule has 1 nitrogen and oxygen atoms in total. The highest BCUT2D eigenvalue weighted by Gasteiger charge is 2.41. The number of fused-ring (bicyclic) bond motifs is 1. The Morgan fingerprint density at radius 3 is 1.75 bits per heavy atom. The minimum Gasteiger partial charge on any atom is -0.264 e. The van der Waals surface area contributed by atoms with Gasteiger partial charge in [-0.1, -0.05) is 48.5 Å². The number of rotatable bonds is 0. The summed E-state index contributed by atoms with van der Waals surface area (Å²) in [7, 11) is 0. The van der Waals surface area contributed by atoms with E-state index in [-0.39, 0.29) is 0 Å². The molecule has 2 atom stereocenters. The maximum absolute atomic E-state index is 4.42. The zero-order valence-corrected chi connectivity index (χ0v) is 13.1. The zero-order chi connectivity index (χ0) is 15.7. The van der Waals surface area contributed by atoms with Crippen molar-refractivity contribution in [3.05, 3.63) is 113 Å². The van der Waals surface area contributed by atoms with Gasteiger partial charge in [-0.05, 0) is 62.4 Å². The number of pyridine rings is 1. The second-order valence-electron chi connectivity index (χ2n) is 6.83. The molecular formula is C23H15N. The SMILES string of the molecule is c1ccc2c(c1)C1c3ccncc3C2c2cc3ccccc3cc21. The van der Waals surface area contributed by atoms with Gasteiger partial charge in [0, 0.05) is 24.2 Å². The summed E-state index contributed by atoms with van der Waals surface area (Å²) in [6, 6.07) is 24.6. The highest BCUT2D eigenvalue weighted by atomic mass is 14.6. The van der Waals surface area contributed by atoms with Gasteiger partial charge in [0.15, 0.2) is 0 Å². The predicted molar refractivity (Wildman–Crippen MR) is 96.5 cm³/mol. The number of nitrogens with zero attached hydrogens (tertiary/aromatic N) is 1. The lowest BCUT2D eigenvalue weighted by Gasteiger charge is -2.42. The van der Waals surface area contributed by atoms with Gasteiger partial charge in [0.1, 0.15) is 0 Å². The van der Waals surface area contributed by atoms with Gasteiger partial charge in [-0.15, -0.1) is 0 Å². The van der Waals surface area contributed by atoms with E-state index < -0.39 is 0 Å². The Bertz CT molecular complexity index is 990. The Morgan fingerprint density at radius 1 is 0.542 bits per heavy atom. The smallest absolute Gasteiger partial charge is 0.0364 e. The first-order valence-corrected chi connectivity index (χ1v) is 8.47. The van der Waals surface area contributed by atoms with E-state index in [1.807, 2.05) is 6.20 Å². The van der Waals surface area contributed by atoms with Crippen LogP contribution >= 0.6 is 0 Å². The first kappa shape index (κ1) is 12.5. The summed E-state index contributed by atoms with van der Waals surface area (Å²) in [6.07, 6.45) is 4.00. The third-order valence-corrected chi connectivity index (χ3v) is 5.70. The summed E-state index contributed by atoms with van der Waals surface area (Å²) >= 11 is 0. The Kier molecular flexibility index (Phi) is 2.25. The molecule has 1 aromatic heterocycles. The number of aromatic nitrogens is 1. The quantitative estimate of drug-likeness (QED) is 0.375. The lowest BCUT2D eigenvalue weighted by Crippen LogP contribution is -2.27. The minimum atomic E-state index is 0.314. The molecule has 0 radical (unpaired) electrons. The normalized spacial score (nSPS) is 19.7. The van der Waals surface area contributed by atoms with Crippen LogP contribution in [-0.2, 0) is 0 Å². The predicted octanol–water partition coefficient (Wildman–Crippen LogP) is 5.22. The number of hydrogen-bond donors (Lipinski definition) is 0. The van der Waals surface area contributed by atoms with Gasteiger partial charge >= 0.3 is 0 Å². The van der Waals surface area contributed by atoms with Crippen LogP contribution in [0.4, 0.5) is 0 Å². The molecule has 0 amide bonds. The fourth-order valence-corrected chi connectivity index (χ4v) is 4.74.